The van der Waals surface area contributed by atoms with Crippen molar-refractivity contribution in [3.05, 3.63) is 82.0 Å². The van der Waals surface area contributed by atoms with Crippen molar-refractivity contribution >= 4 is 11.6 Å². The van der Waals surface area contributed by atoms with Crippen LogP contribution in [0.2, 0.25) is 0 Å². The van der Waals surface area contributed by atoms with Gasteiger partial charge in [0, 0.05) is 5.92 Å². The summed E-state index contributed by atoms with van der Waals surface area (Å²) in [6, 6.07) is 4.63. The topological polar surface area (TPSA) is 0 Å². The quantitative estimate of drug-likeness (QED) is 0.394. The average Bonchev–Trinajstić information content (AvgIpc) is 3.00. The molecule has 0 heteroatoms. The molecule has 174 valence electrons. The molecular formula is C32H46. The monoisotopic (exact) mass is 430 g/mol. The number of allylic oxidation sites excluding steroid dienone is 8. The molecule has 0 aromatic heterocycles. The Labute approximate surface area is 198 Å². The van der Waals surface area contributed by atoms with Gasteiger partial charge in [-0.1, -0.05) is 135 Å². The second kappa shape index (κ2) is 12.8. The second-order valence-corrected chi connectivity index (χ2v) is 9.16. The zero-order valence-electron chi connectivity index (χ0n) is 21.9. The van der Waals surface area contributed by atoms with E-state index in [-0.39, 0.29) is 0 Å². The third kappa shape index (κ3) is 5.64. The molecule has 1 aromatic rings. The zero-order valence-corrected chi connectivity index (χ0v) is 21.9. The van der Waals surface area contributed by atoms with E-state index in [1.807, 2.05) is 13.8 Å². The fourth-order valence-corrected chi connectivity index (χ4v) is 5.00. The molecule has 0 N–H and O–H groups in total. The van der Waals surface area contributed by atoms with E-state index in [0.29, 0.717) is 11.8 Å². The van der Waals surface area contributed by atoms with Gasteiger partial charge >= 0.3 is 0 Å². The highest BCUT2D eigenvalue weighted by atomic mass is 14.4. The fourth-order valence-electron chi connectivity index (χ4n) is 5.00. The molecule has 3 aliphatic carbocycles. The number of aryl methyl sites for hydroxylation is 1. The Morgan fingerprint density at radius 1 is 0.875 bits per heavy atom. The van der Waals surface area contributed by atoms with E-state index < -0.39 is 0 Å². The van der Waals surface area contributed by atoms with Gasteiger partial charge in [0.25, 0.3) is 0 Å². The normalized spacial score (nSPS) is 19.8. The van der Waals surface area contributed by atoms with Gasteiger partial charge in [0.05, 0.1) is 0 Å². The Hall–Kier alpha value is -2.08. The lowest BCUT2D eigenvalue weighted by atomic mass is 9.73. The third-order valence-corrected chi connectivity index (χ3v) is 6.61. The molecule has 0 nitrogen and oxygen atoms in total. The molecule has 0 bridgehead atoms. The summed E-state index contributed by atoms with van der Waals surface area (Å²) in [5, 5.41) is 0. The number of unbranched alkanes of at least 4 members (excludes halogenated alkanes) is 4. The first-order valence-electron chi connectivity index (χ1n) is 13.2. The standard InChI is InChI=1S/C23H24.C7H16.C2H6/c1-5-6-17-9-10-18-13-15(3)21-20-12-8-14(2)7-11-19(20)16(4)22(17)23(18)21;1-3-5-7-6-4-2;1-2/h7-14,21H,4-6H2,1-3H3;3-7H2,1-2H3;1-2H3. The van der Waals surface area contributed by atoms with Gasteiger partial charge < -0.3 is 0 Å². The molecule has 3 aliphatic rings. The molecule has 0 amide bonds. The van der Waals surface area contributed by atoms with Gasteiger partial charge in [0.15, 0.2) is 0 Å². The Balaban J connectivity index is 0.000000348. The van der Waals surface area contributed by atoms with Crippen LogP contribution in [0.4, 0.5) is 0 Å². The first kappa shape index (κ1) is 26.2. The average molecular weight is 431 g/mol. The Morgan fingerprint density at radius 3 is 2.16 bits per heavy atom. The summed E-state index contributed by atoms with van der Waals surface area (Å²) in [7, 11) is 0. The molecule has 0 aliphatic heterocycles. The molecule has 2 unspecified atom stereocenters. The van der Waals surface area contributed by atoms with Crippen molar-refractivity contribution in [2.75, 3.05) is 0 Å². The highest BCUT2D eigenvalue weighted by Crippen LogP contribution is 2.52. The lowest BCUT2D eigenvalue weighted by Gasteiger charge is -2.30. The van der Waals surface area contributed by atoms with Gasteiger partial charge in [0.1, 0.15) is 0 Å². The van der Waals surface area contributed by atoms with Crippen LogP contribution in [0.3, 0.4) is 0 Å². The van der Waals surface area contributed by atoms with E-state index >= 15 is 0 Å². The number of fused-ring (bicyclic) bond motifs is 1. The summed E-state index contributed by atoms with van der Waals surface area (Å²) in [6.45, 7) is 19.8. The first-order chi connectivity index (χ1) is 15.5. The molecule has 0 heterocycles. The summed E-state index contributed by atoms with van der Waals surface area (Å²) >= 11 is 0. The van der Waals surface area contributed by atoms with Gasteiger partial charge in [0.2, 0.25) is 0 Å². The molecule has 2 atom stereocenters. The maximum Gasteiger partial charge on any atom is 0.0317 e. The zero-order chi connectivity index (χ0) is 23.7. The van der Waals surface area contributed by atoms with Crippen molar-refractivity contribution in [1.29, 1.82) is 0 Å². The minimum absolute atomic E-state index is 0.420. The van der Waals surface area contributed by atoms with Gasteiger partial charge in [-0.05, 0) is 58.2 Å². The van der Waals surface area contributed by atoms with Crippen molar-refractivity contribution in [3.8, 4) is 0 Å². The second-order valence-electron chi connectivity index (χ2n) is 9.16. The van der Waals surface area contributed by atoms with Crippen LogP contribution in [0.1, 0.15) is 115 Å². The minimum Gasteiger partial charge on any atom is -0.0905 e. The minimum atomic E-state index is 0.420. The van der Waals surface area contributed by atoms with Crippen LogP contribution >= 0.6 is 0 Å². The van der Waals surface area contributed by atoms with Crippen molar-refractivity contribution in [2.45, 2.75) is 99.3 Å². The summed E-state index contributed by atoms with van der Waals surface area (Å²) < 4.78 is 0. The molecule has 0 saturated heterocycles. The number of hydrogen-bond acceptors (Lipinski definition) is 0. The number of benzene rings is 1. The van der Waals surface area contributed by atoms with E-state index in [1.165, 1.54) is 83.1 Å². The van der Waals surface area contributed by atoms with Crippen LogP contribution in [0, 0.1) is 5.92 Å². The predicted molar refractivity (Wildman–Crippen MR) is 146 cm³/mol. The molecule has 4 rings (SSSR count). The molecule has 0 fully saturated rings. The Kier molecular flexibility index (Phi) is 10.5. The lowest BCUT2D eigenvalue weighted by molar-refractivity contribution is 0.656. The van der Waals surface area contributed by atoms with Gasteiger partial charge in [-0.15, -0.1) is 0 Å². The molecule has 0 spiro atoms. The summed E-state index contributed by atoms with van der Waals surface area (Å²) in [6.07, 6.45) is 20.9. The van der Waals surface area contributed by atoms with Crippen LogP contribution in [0.15, 0.2) is 59.7 Å². The van der Waals surface area contributed by atoms with Crippen LogP contribution < -0.4 is 0 Å². The molecule has 32 heavy (non-hydrogen) atoms. The predicted octanol–water partition coefficient (Wildman–Crippen LogP) is 10.2. The Morgan fingerprint density at radius 2 is 1.53 bits per heavy atom. The fraction of sp³-hybridized carbons (Fsp3) is 0.500. The lowest BCUT2D eigenvalue weighted by Crippen LogP contribution is -2.14. The third-order valence-electron chi connectivity index (χ3n) is 6.61. The van der Waals surface area contributed by atoms with Crippen LogP contribution in [-0.4, -0.2) is 0 Å². The maximum absolute atomic E-state index is 4.51. The SMILES string of the molecule is C=C1C2=C(C=CC(C)C=C2)C2C(C)=Cc3ccc(CCC)c1c32.CC.CCCCCCC. The highest BCUT2D eigenvalue weighted by molar-refractivity contribution is 5.93. The molecule has 0 radical (unpaired) electrons. The van der Waals surface area contributed by atoms with Gasteiger partial charge in [-0.3, -0.25) is 0 Å². The largest absolute Gasteiger partial charge is 0.0905 e. The number of rotatable bonds is 6. The summed E-state index contributed by atoms with van der Waals surface area (Å²) in [5.74, 6) is 0.903. The van der Waals surface area contributed by atoms with Crippen LogP contribution in [-0.2, 0) is 6.42 Å². The van der Waals surface area contributed by atoms with Crippen molar-refractivity contribution in [3.63, 3.8) is 0 Å². The van der Waals surface area contributed by atoms with Crippen molar-refractivity contribution in [1.82, 2.24) is 0 Å². The van der Waals surface area contributed by atoms with Gasteiger partial charge in [-0.25, -0.2) is 0 Å². The Bertz CT molecular complexity index is 896. The smallest absolute Gasteiger partial charge is 0.0317 e. The van der Waals surface area contributed by atoms with Gasteiger partial charge in [-0.2, -0.15) is 0 Å². The van der Waals surface area contributed by atoms with E-state index in [0.717, 1.165) is 6.42 Å². The summed E-state index contributed by atoms with van der Waals surface area (Å²) in [4.78, 5) is 0. The maximum atomic E-state index is 4.51. The van der Waals surface area contributed by atoms with E-state index in [4.69, 9.17) is 0 Å². The first-order valence-corrected chi connectivity index (χ1v) is 13.2. The molecule has 0 saturated carbocycles. The molecule has 1 aromatic carbocycles. The van der Waals surface area contributed by atoms with Crippen LogP contribution in [0.5, 0.6) is 0 Å². The van der Waals surface area contributed by atoms with E-state index in [2.05, 4.69) is 83.7 Å². The van der Waals surface area contributed by atoms with Crippen LogP contribution in [0.25, 0.3) is 11.6 Å². The summed E-state index contributed by atoms with van der Waals surface area (Å²) in [5.41, 5.74) is 11.2. The molecular weight excluding hydrogens is 384 g/mol. The number of hydrogen-bond donors (Lipinski definition) is 0. The van der Waals surface area contributed by atoms with E-state index in [1.54, 1.807) is 0 Å². The van der Waals surface area contributed by atoms with E-state index in [9.17, 15) is 0 Å². The van der Waals surface area contributed by atoms with Crippen molar-refractivity contribution < 1.29 is 0 Å². The van der Waals surface area contributed by atoms with Crippen molar-refractivity contribution in [2.24, 2.45) is 5.92 Å². The highest BCUT2D eigenvalue weighted by Gasteiger charge is 2.35.